The van der Waals surface area contributed by atoms with Gasteiger partial charge in [0.05, 0.1) is 32.6 Å². The molecule has 1 N–H and O–H groups in total. The molecule has 0 spiro atoms. The predicted molar refractivity (Wildman–Crippen MR) is 109 cm³/mol. The molecular formula is C22H23N3O3. The Kier molecular flexibility index (Phi) is 6.11. The first-order valence-electron chi connectivity index (χ1n) is 8.88. The second kappa shape index (κ2) is 8.90. The van der Waals surface area contributed by atoms with Crippen molar-refractivity contribution >= 4 is 11.6 Å². The fourth-order valence-electron chi connectivity index (χ4n) is 2.97. The van der Waals surface area contributed by atoms with E-state index in [1.54, 1.807) is 49.5 Å². The van der Waals surface area contributed by atoms with E-state index in [9.17, 15) is 4.79 Å². The highest BCUT2D eigenvalue weighted by atomic mass is 16.5. The molecule has 0 atom stereocenters. The van der Waals surface area contributed by atoms with Crippen LogP contribution in [-0.4, -0.2) is 29.9 Å². The molecule has 0 saturated heterocycles. The minimum Gasteiger partial charge on any atom is -0.493 e. The van der Waals surface area contributed by atoms with E-state index in [0.29, 0.717) is 35.7 Å². The molecular weight excluding hydrogens is 354 g/mol. The van der Waals surface area contributed by atoms with Crippen molar-refractivity contribution in [3.63, 3.8) is 0 Å². The van der Waals surface area contributed by atoms with Gasteiger partial charge in [-0.3, -0.25) is 9.48 Å². The average Bonchev–Trinajstić information content (AvgIpc) is 3.15. The molecule has 3 aromatic rings. The number of anilines is 1. The van der Waals surface area contributed by atoms with E-state index in [4.69, 9.17) is 9.47 Å². The van der Waals surface area contributed by atoms with Crippen molar-refractivity contribution in [3.8, 4) is 11.5 Å². The van der Waals surface area contributed by atoms with Gasteiger partial charge in [-0.2, -0.15) is 5.10 Å². The third kappa shape index (κ3) is 4.40. The number of hydrogen-bond donors (Lipinski definition) is 1. The second-order valence-electron chi connectivity index (χ2n) is 6.23. The summed E-state index contributed by atoms with van der Waals surface area (Å²) in [7, 11) is 3.12. The van der Waals surface area contributed by atoms with E-state index in [1.807, 2.05) is 30.3 Å². The molecule has 2 aromatic carbocycles. The SMILES string of the molecule is C=CCc1cc(C(=O)Nc2cnn(Cc3ccccc3)c2)cc(OC)c1OC. The van der Waals surface area contributed by atoms with E-state index >= 15 is 0 Å². The lowest BCUT2D eigenvalue weighted by molar-refractivity contribution is 0.102. The maximum atomic E-state index is 12.7. The van der Waals surface area contributed by atoms with Crippen LogP contribution in [0.5, 0.6) is 11.5 Å². The van der Waals surface area contributed by atoms with Crippen LogP contribution < -0.4 is 14.8 Å². The molecule has 1 aromatic heterocycles. The molecule has 144 valence electrons. The summed E-state index contributed by atoms with van der Waals surface area (Å²) in [6, 6.07) is 13.5. The first-order valence-corrected chi connectivity index (χ1v) is 8.88. The molecule has 6 nitrogen and oxygen atoms in total. The van der Waals surface area contributed by atoms with Gasteiger partial charge >= 0.3 is 0 Å². The molecule has 0 unspecified atom stereocenters. The summed E-state index contributed by atoms with van der Waals surface area (Å²) in [5, 5.41) is 7.19. The number of carbonyl (C=O) groups is 1. The quantitative estimate of drug-likeness (QED) is 0.604. The number of nitrogens with zero attached hydrogens (tertiary/aromatic N) is 2. The molecule has 28 heavy (non-hydrogen) atoms. The van der Waals surface area contributed by atoms with Crippen molar-refractivity contribution in [2.45, 2.75) is 13.0 Å². The Morgan fingerprint density at radius 1 is 1.21 bits per heavy atom. The Bertz CT molecular complexity index is 964. The van der Waals surface area contributed by atoms with Crippen LogP contribution >= 0.6 is 0 Å². The highest BCUT2D eigenvalue weighted by Gasteiger charge is 2.16. The second-order valence-corrected chi connectivity index (χ2v) is 6.23. The first kappa shape index (κ1) is 19.2. The molecule has 1 amide bonds. The molecule has 6 heteroatoms. The van der Waals surface area contributed by atoms with Gasteiger partial charge in [0.2, 0.25) is 0 Å². The molecule has 1 heterocycles. The van der Waals surface area contributed by atoms with Crippen LogP contribution in [0.3, 0.4) is 0 Å². The monoisotopic (exact) mass is 377 g/mol. The van der Waals surface area contributed by atoms with Gasteiger partial charge < -0.3 is 14.8 Å². The molecule has 0 bridgehead atoms. The topological polar surface area (TPSA) is 65.4 Å². The van der Waals surface area contributed by atoms with Crippen molar-refractivity contribution in [1.82, 2.24) is 9.78 Å². The number of benzene rings is 2. The van der Waals surface area contributed by atoms with Crippen molar-refractivity contribution < 1.29 is 14.3 Å². The Balaban J connectivity index is 1.77. The largest absolute Gasteiger partial charge is 0.493 e. The smallest absolute Gasteiger partial charge is 0.255 e. The highest BCUT2D eigenvalue weighted by molar-refractivity contribution is 6.04. The zero-order valence-electron chi connectivity index (χ0n) is 16.0. The zero-order valence-corrected chi connectivity index (χ0v) is 16.0. The minimum atomic E-state index is -0.245. The van der Waals surface area contributed by atoms with Crippen molar-refractivity contribution in [3.05, 3.63) is 84.2 Å². The number of hydrogen-bond acceptors (Lipinski definition) is 4. The minimum absolute atomic E-state index is 0.245. The summed E-state index contributed by atoms with van der Waals surface area (Å²) in [6.07, 6.45) is 5.75. The van der Waals surface area contributed by atoms with E-state index in [0.717, 1.165) is 11.1 Å². The molecule has 0 radical (unpaired) electrons. The lowest BCUT2D eigenvalue weighted by atomic mass is 10.0. The Morgan fingerprint density at radius 2 is 2.00 bits per heavy atom. The number of allylic oxidation sites excluding steroid dienone is 1. The van der Waals surface area contributed by atoms with Gasteiger partial charge in [0.15, 0.2) is 11.5 Å². The van der Waals surface area contributed by atoms with Gasteiger partial charge in [-0.25, -0.2) is 0 Å². The van der Waals surface area contributed by atoms with Gasteiger partial charge in [0.1, 0.15) is 0 Å². The van der Waals surface area contributed by atoms with Crippen molar-refractivity contribution in [2.75, 3.05) is 19.5 Å². The molecule has 0 saturated carbocycles. The molecule has 0 fully saturated rings. The number of ether oxygens (including phenoxy) is 2. The number of nitrogens with one attached hydrogen (secondary N) is 1. The third-order valence-corrected chi connectivity index (χ3v) is 4.26. The van der Waals surface area contributed by atoms with E-state index in [1.165, 1.54) is 0 Å². The summed E-state index contributed by atoms with van der Waals surface area (Å²) in [6.45, 7) is 4.39. The van der Waals surface area contributed by atoms with E-state index in [2.05, 4.69) is 17.0 Å². The normalized spacial score (nSPS) is 10.4. The standard InChI is InChI=1S/C22H23N3O3/c1-4-8-17-11-18(12-20(27-2)21(17)28-3)22(26)24-19-13-23-25(15-19)14-16-9-6-5-7-10-16/h4-7,9-13,15H,1,8,14H2,2-3H3,(H,24,26). The van der Waals surface area contributed by atoms with Crippen LogP contribution in [0, 0.1) is 0 Å². The van der Waals surface area contributed by atoms with Gasteiger partial charge in [-0.05, 0) is 24.1 Å². The average molecular weight is 377 g/mol. The van der Waals surface area contributed by atoms with Gasteiger partial charge in [0.25, 0.3) is 5.91 Å². The molecule has 3 rings (SSSR count). The summed E-state index contributed by atoms with van der Waals surface area (Å²) in [5.41, 5.74) is 3.07. The number of aromatic nitrogens is 2. The highest BCUT2D eigenvalue weighted by Crippen LogP contribution is 2.33. The van der Waals surface area contributed by atoms with Crippen LogP contribution in [0.25, 0.3) is 0 Å². The predicted octanol–water partition coefficient (Wildman–Crippen LogP) is 3.93. The summed E-state index contributed by atoms with van der Waals surface area (Å²) in [4.78, 5) is 12.7. The van der Waals surface area contributed by atoms with Crippen molar-refractivity contribution in [2.24, 2.45) is 0 Å². The Labute approximate surface area is 164 Å². The van der Waals surface area contributed by atoms with Crippen LogP contribution in [0.1, 0.15) is 21.5 Å². The van der Waals surface area contributed by atoms with E-state index < -0.39 is 0 Å². The van der Waals surface area contributed by atoms with Crippen LogP contribution in [0.2, 0.25) is 0 Å². The molecule has 0 aliphatic heterocycles. The first-order chi connectivity index (χ1) is 13.6. The number of rotatable bonds is 8. The summed E-state index contributed by atoms with van der Waals surface area (Å²) in [5.74, 6) is 0.868. The lowest BCUT2D eigenvalue weighted by Gasteiger charge is -2.14. The number of methoxy groups -OCH3 is 2. The number of carbonyl (C=O) groups excluding carboxylic acids is 1. The summed E-state index contributed by atoms with van der Waals surface area (Å²) < 4.78 is 12.6. The van der Waals surface area contributed by atoms with Gasteiger partial charge in [0, 0.05) is 17.3 Å². The Morgan fingerprint density at radius 3 is 2.68 bits per heavy atom. The van der Waals surface area contributed by atoms with E-state index in [-0.39, 0.29) is 5.91 Å². The summed E-state index contributed by atoms with van der Waals surface area (Å²) >= 11 is 0. The maximum Gasteiger partial charge on any atom is 0.255 e. The van der Waals surface area contributed by atoms with Crippen molar-refractivity contribution in [1.29, 1.82) is 0 Å². The zero-order chi connectivity index (χ0) is 19.9. The Hall–Kier alpha value is -3.54. The fourth-order valence-corrected chi connectivity index (χ4v) is 2.97. The lowest BCUT2D eigenvalue weighted by Crippen LogP contribution is -2.12. The van der Waals surface area contributed by atoms with Gasteiger partial charge in [-0.1, -0.05) is 36.4 Å². The maximum absolute atomic E-state index is 12.7. The molecule has 0 aliphatic rings. The van der Waals surface area contributed by atoms with Gasteiger partial charge in [-0.15, -0.1) is 6.58 Å². The van der Waals surface area contributed by atoms with Crippen LogP contribution in [-0.2, 0) is 13.0 Å². The molecule has 0 aliphatic carbocycles. The number of amides is 1. The third-order valence-electron chi connectivity index (χ3n) is 4.26. The van der Waals surface area contributed by atoms with Crippen LogP contribution in [0.4, 0.5) is 5.69 Å². The fraction of sp³-hybridized carbons (Fsp3) is 0.182. The van der Waals surface area contributed by atoms with Crippen LogP contribution in [0.15, 0.2) is 67.5 Å².